The van der Waals surface area contributed by atoms with E-state index in [0.29, 0.717) is 5.92 Å². The molecule has 3 rings (SSSR count). The van der Waals surface area contributed by atoms with Crippen LogP contribution >= 0.6 is 0 Å². The molecule has 0 spiro atoms. The van der Waals surface area contributed by atoms with Gasteiger partial charge in [-0.15, -0.1) is 0 Å². The molecule has 2 nitrogen and oxygen atoms in total. The van der Waals surface area contributed by atoms with Gasteiger partial charge < -0.3 is 4.74 Å². The molecule has 30 heavy (non-hydrogen) atoms. The second-order valence-electron chi connectivity index (χ2n) is 10.2. The molecule has 0 bridgehead atoms. The Balaban J connectivity index is 1.47. The van der Waals surface area contributed by atoms with Crippen LogP contribution in [0.1, 0.15) is 126 Å². The summed E-state index contributed by atoms with van der Waals surface area (Å²) in [6, 6.07) is 8.37. The fraction of sp³-hybridized carbons (Fsp3) is 0.750. The Kier molecular flexibility index (Phi) is 9.27. The Morgan fingerprint density at radius 1 is 0.867 bits per heavy atom. The molecular formula is C28H44O2. The average Bonchev–Trinajstić information content (AvgIpc) is 2.77. The SMILES string of the molecule is CCCCC1CCC(OC(=O)c2ccc(C3CCC(CCCC)CC3C)cc2)CC1. The second kappa shape index (κ2) is 11.9. The van der Waals surface area contributed by atoms with E-state index in [-0.39, 0.29) is 12.1 Å². The first-order chi connectivity index (χ1) is 14.6. The van der Waals surface area contributed by atoms with Gasteiger partial charge in [0.25, 0.3) is 0 Å². The number of hydrogen-bond donors (Lipinski definition) is 0. The Labute approximate surface area is 185 Å². The first kappa shape index (κ1) is 23.4. The summed E-state index contributed by atoms with van der Waals surface area (Å²) in [7, 11) is 0. The van der Waals surface area contributed by atoms with E-state index in [1.165, 1.54) is 76.2 Å². The van der Waals surface area contributed by atoms with E-state index in [1.807, 2.05) is 12.1 Å². The van der Waals surface area contributed by atoms with Gasteiger partial charge in [0, 0.05) is 0 Å². The molecule has 2 fully saturated rings. The highest BCUT2D eigenvalue weighted by atomic mass is 16.5. The second-order valence-corrected chi connectivity index (χ2v) is 10.2. The molecule has 0 aromatic heterocycles. The first-order valence-corrected chi connectivity index (χ1v) is 12.9. The third-order valence-electron chi connectivity index (χ3n) is 7.85. The third kappa shape index (κ3) is 6.59. The zero-order valence-electron chi connectivity index (χ0n) is 19.7. The summed E-state index contributed by atoms with van der Waals surface area (Å²) in [5.74, 6) is 3.02. The predicted molar refractivity (Wildman–Crippen MR) is 126 cm³/mol. The molecule has 1 aromatic rings. The van der Waals surface area contributed by atoms with Gasteiger partial charge in [0.2, 0.25) is 0 Å². The molecule has 0 aliphatic heterocycles. The molecule has 3 atom stereocenters. The summed E-state index contributed by atoms with van der Waals surface area (Å²) < 4.78 is 5.85. The number of ether oxygens (including phenoxy) is 1. The van der Waals surface area contributed by atoms with Gasteiger partial charge in [0.1, 0.15) is 6.10 Å². The number of carbonyl (C=O) groups excluding carboxylic acids is 1. The molecular weight excluding hydrogens is 368 g/mol. The molecule has 0 N–H and O–H groups in total. The van der Waals surface area contributed by atoms with Crippen molar-refractivity contribution < 1.29 is 9.53 Å². The number of rotatable bonds is 9. The number of carbonyl (C=O) groups is 1. The van der Waals surface area contributed by atoms with Crippen molar-refractivity contribution in [3.63, 3.8) is 0 Å². The normalized spacial score (nSPS) is 29.5. The van der Waals surface area contributed by atoms with Crippen molar-refractivity contribution in [3.05, 3.63) is 35.4 Å². The Morgan fingerprint density at radius 2 is 1.47 bits per heavy atom. The highest BCUT2D eigenvalue weighted by Gasteiger charge is 2.29. The van der Waals surface area contributed by atoms with Gasteiger partial charge in [-0.05, 0) is 86.3 Å². The molecule has 0 radical (unpaired) electrons. The summed E-state index contributed by atoms with van der Waals surface area (Å²) in [6.45, 7) is 6.97. The minimum absolute atomic E-state index is 0.119. The zero-order valence-corrected chi connectivity index (χ0v) is 19.7. The number of unbranched alkanes of at least 4 members (excludes halogenated alkanes) is 2. The van der Waals surface area contributed by atoms with E-state index in [2.05, 4.69) is 32.9 Å². The van der Waals surface area contributed by atoms with Gasteiger partial charge in [0.15, 0.2) is 0 Å². The van der Waals surface area contributed by atoms with Gasteiger partial charge in [-0.1, -0.05) is 71.4 Å². The van der Waals surface area contributed by atoms with Gasteiger partial charge in [-0.2, -0.15) is 0 Å². The molecule has 0 saturated heterocycles. The van der Waals surface area contributed by atoms with Gasteiger partial charge in [-0.25, -0.2) is 4.79 Å². The smallest absolute Gasteiger partial charge is 0.338 e. The molecule has 0 heterocycles. The van der Waals surface area contributed by atoms with Crippen LogP contribution in [0, 0.1) is 17.8 Å². The molecule has 168 valence electrons. The monoisotopic (exact) mass is 412 g/mol. The van der Waals surface area contributed by atoms with Crippen LogP contribution in [0.25, 0.3) is 0 Å². The van der Waals surface area contributed by atoms with E-state index in [4.69, 9.17) is 4.74 Å². The highest BCUT2D eigenvalue weighted by Crippen LogP contribution is 2.41. The maximum absolute atomic E-state index is 12.6. The molecule has 1 aromatic carbocycles. The van der Waals surface area contributed by atoms with Crippen LogP contribution in [0.5, 0.6) is 0 Å². The zero-order chi connectivity index (χ0) is 21.3. The quantitative estimate of drug-likeness (QED) is 0.381. The number of benzene rings is 1. The van der Waals surface area contributed by atoms with Gasteiger partial charge in [-0.3, -0.25) is 0 Å². The highest BCUT2D eigenvalue weighted by molar-refractivity contribution is 5.89. The van der Waals surface area contributed by atoms with Crippen LogP contribution in [-0.2, 0) is 4.74 Å². The van der Waals surface area contributed by atoms with Crippen molar-refractivity contribution in [3.8, 4) is 0 Å². The van der Waals surface area contributed by atoms with Crippen molar-refractivity contribution in [2.45, 2.75) is 116 Å². The molecule has 2 heteroatoms. The van der Waals surface area contributed by atoms with E-state index >= 15 is 0 Å². The van der Waals surface area contributed by atoms with Crippen LogP contribution in [0.2, 0.25) is 0 Å². The van der Waals surface area contributed by atoms with E-state index in [0.717, 1.165) is 36.2 Å². The summed E-state index contributed by atoms with van der Waals surface area (Å²) >= 11 is 0. The largest absolute Gasteiger partial charge is 0.459 e. The van der Waals surface area contributed by atoms with E-state index < -0.39 is 0 Å². The van der Waals surface area contributed by atoms with Gasteiger partial charge in [0.05, 0.1) is 5.56 Å². The maximum Gasteiger partial charge on any atom is 0.338 e. The maximum atomic E-state index is 12.6. The summed E-state index contributed by atoms with van der Waals surface area (Å²) in [5.41, 5.74) is 2.13. The predicted octanol–water partition coefficient (Wildman–Crippen LogP) is 8.30. The van der Waals surface area contributed by atoms with Crippen LogP contribution in [-0.4, -0.2) is 12.1 Å². The molecule has 2 saturated carbocycles. The Hall–Kier alpha value is -1.31. The van der Waals surface area contributed by atoms with Crippen LogP contribution in [0.3, 0.4) is 0 Å². The summed E-state index contributed by atoms with van der Waals surface area (Å²) in [6.07, 6.45) is 16.7. The summed E-state index contributed by atoms with van der Waals surface area (Å²) in [5, 5.41) is 0. The number of esters is 1. The van der Waals surface area contributed by atoms with Crippen LogP contribution in [0.4, 0.5) is 0 Å². The third-order valence-corrected chi connectivity index (χ3v) is 7.85. The Bertz CT molecular complexity index is 627. The minimum Gasteiger partial charge on any atom is -0.459 e. The van der Waals surface area contributed by atoms with Crippen molar-refractivity contribution >= 4 is 5.97 Å². The van der Waals surface area contributed by atoms with Crippen LogP contribution in [0.15, 0.2) is 24.3 Å². The molecule has 2 aliphatic carbocycles. The molecule has 2 aliphatic rings. The van der Waals surface area contributed by atoms with Crippen molar-refractivity contribution in [1.82, 2.24) is 0 Å². The molecule has 0 amide bonds. The van der Waals surface area contributed by atoms with Crippen molar-refractivity contribution in [2.75, 3.05) is 0 Å². The lowest BCUT2D eigenvalue weighted by molar-refractivity contribution is 0.0161. The van der Waals surface area contributed by atoms with Crippen LogP contribution < -0.4 is 0 Å². The van der Waals surface area contributed by atoms with Gasteiger partial charge >= 0.3 is 5.97 Å². The standard InChI is InChI=1S/C28H44O2/c1-4-6-8-22-10-17-26(18-11-22)30-28(29)25-15-13-24(14-16-25)27-19-12-23(9-7-5-2)20-21(27)3/h13-16,21-23,26-27H,4-12,17-20H2,1-3H3. The fourth-order valence-corrected chi connectivity index (χ4v) is 5.87. The fourth-order valence-electron chi connectivity index (χ4n) is 5.87. The number of hydrogen-bond acceptors (Lipinski definition) is 2. The first-order valence-electron chi connectivity index (χ1n) is 12.9. The summed E-state index contributed by atoms with van der Waals surface area (Å²) in [4.78, 5) is 12.6. The topological polar surface area (TPSA) is 26.3 Å². The molecule has 3 unspecified atom stereocenters. The Morgan fingerprint density at radius 3 is 2.07 bits per heavy atom. The van der Waals surface area contributed by atoms with E-state index in [1.54, 1.807) is 0 Å². The lowest BCUT2D eigenvalue weighted by Crippen LogP contribution is -2.24. The minimum atomic E-state index is -0.130. The average molecular weight is 413 g/mol. The van der Waals surface area contributed by atoms with Crippen molar-refractivity contribution in [2.24, 2.45) is 17.8 Å². The lowest BCUT2D eigenvalue weighted by Gasteiger charge is -2.34. The van der Waals surface area contributed by atoms with E-state index in [9.17, 15) is 4.79 Å². The lowest BCUT2D eigenvalue weighted by atomic mass is 9.71. The van der Waals surface area contributed by atoms with Crippen molar-refractivity contribution in [1.29, 1.82) is 0 Å².